The molecule has 5 rings (SSSR count). The molecule has 1 aliphatic rings. The maximum atomic E-state index is 4.72. The first kappa shape index (κ1) is 17.1. The van der Waals surface area contributed by atoms with Crippen molar-refractivity contribution in [1.82, 2.24) is 34.1 Å². The molecule has 4 aromatic heterocycles. The van der Waals surface area contributed by atoms with E-state index in [1.807, 2.05) is 60.0 Å². The Balaban J connectivity index is 1.29. The molecule has 0 N–H and O–H groups in total. The third-order valence-corrected chi connectivity index (χ3v) is 5.48. The van der Waals surface area contributed by atoms with E-state index in [2.05, 4.69) is 25.7 Å². The van der Waals surface area contributed by atoms with Gasteiger partial charge in [0.2, 0.25) is 0 Å². The van der Waals surface area contributed by atoms with Crippen LogP contribution < -0.4 is 4.90 Å². The van der Waals surface area contributed by atoms with Crippen molar-refractivity contribution >= 4 is 17.1 Å². The molecule has 0 spiro atoms. The van der Waals surface area contributed by atoms with Gasteiger partial charge in [0.15, 0.2) is 11.5 Å². The summed E-state index contributed by atoms with van der Waals surface area (Å²) in [5, 5.41) is 13.5. The maximum Gasteiger partial charge on any atom is 0.178 e. The largest absolute Gasteiger partial charge is 0.361 e. The Bertz CT molecular complexity index is 1070. The maximum absolute atomic E-state index is 4.72. The van der Waals surface area contributed by atoms with Crippen LogP contribution in [-0.2, 0) is 6.54 Å². The summed E-state index contributed by atoms with van der Waals surface area (Å²) in [5.41, 5.74) is 2.94. The molecule has 0 bridgehead atoms. The van der Waals surface area contributed by atoms with E-state index in [-0.39, 0.29) is 0 Å². The molecule has 1 saturated heterocycles. The van der Waals surface area contributed by atoms with Gasteiger partial charge in [-0.25, -0.2) is 4.98 Å². The van der Waals surface area contributed by atoms with Crippen LogP contribution in [0.5, 0.6) is 0 Å². The van der Waals surface area contributed by atoms with Gasteiger partial charge >= 0.3 is 0 Å². The zero-order valence-electron chi connectivity index (χ0n) is 16.2. The predicted molar refractivity (Wildman–Crippen MR) is 108 cm³/mol. The van der Waals surface area contributed by atoms with Gasteiger partial charge in [-0.15, -0.1) is 15.3 Å². The Morgan fingerprint density at radius 1 is 1.04 bits per heavy atom. The van der Waals surface area contributed by atoms with E-state index in [4.69, 9.17) is 10.1 Å². The molecule has 0 unspecified atom stereocenters. The lowest BCUT2D eigenvalue weighted by Gasteiger charge is -2.30. The highest BCUT2D eigenvalue weighted by molar-refractivity contribution is 5.45. The minimum absolute atomic E-state index is 0.386. The van der Waals surface area contributed by atoms with Crippen LogP contribution in [0.15, 0.2) is 42.7 Å². The average molecular weight is 376 g/mol. The number of nitrogens with zero attached hydrogens (tertiary/aromatic N) is 8. The number of anilines is 1. The number of fused-ring (bicyclic) bond motifs is 2. The van der Waals surface area contributed by atoms with Crippen LogP contribution in [0.1, 0.15) is 30.3 Å². The van der Waals surface area contributed by atoms with Crippen LogP contribution >= 0.6 is 0 Å². The van der Waals surface area contributed by atoms with Crippen LogP contribution in [0.25, 0.3) is 11.3 Å². The normalized spacial score (nSPS) is 16.2. The number of rotatable bonds is 4. The molecule has 0 aliphatic carbocycles. The molecule has 4 aromatic rings. The number of imidazole rings is 1. The smallest absolute Gasteiger partial charge is 0.178 e. The fourth-order valence-electron chi connectivity index (χ4n) is 3.93. The Morgan fingerprint density at radius 3 is 2.68 bits per heavy atom. The Hall–Kier alpha value is -3.00. The number of aromatic nitrogens is 6. The third kappa shape index (κ3) is 3.09. The van der Waals surface area contributed by atoms with E-state index >= 15 is 0 Å². The molecule has 0 amide bonds. The molecule has 28 heavy (non-hydrogen) atoms. The van der Waals surface area contributed by atoms with E-state index in [0.717, 1.165) is 61.1 Å². The lowest BCUT2D eigenvalue weighted by Crippen LogP contribution is -2.33. The second-order valence-electron chi connectivity index (χ2n) is 7.66. The first-order valence-corrected chi connectivity index (χ1v) is 9.72. The zero-order chi connectivity index (χ0) is 19.1. The van der Waals surface area contributed by atoms with E-state index in [9.17, 15) is 0 Å². The van der Waals surface area contributed by atoms with Crippen molar-refractivity contribution in [3.05, 3.63) is 54.2 Å². The molecular formula is C20H24N8. The molecule has 144 valence electrons. The van der Waals surface area contributed by atoms with Crippen LogP contribution in [-0.4, -0.2) is 61.3 Å². The Kier molecular flexibility index (Phi) is 4.20. The summed E-state index contributed by atoms with van der Waals surface area (Å²) in [5.74, 6) is 2.28. The predicted octanol–water partition coefficient (Wildman–Crippen LogP) is 2.22. The fraction of sp³-hybridized carbons (Fsp3) is 0.400. The van der Waals surface area contributed by atoms with Crippen LogP contribution in [0, 0.1) is 0 Å². The highest BCUT2D eigenvalue weighted by Crippen LogP contribution is 2.28. The van der Waals surface area contributed by atoms with Gasteiger partial charge < -0.3 is 9.30 Å². The SMILES string of the molecule is CN(C)c1ccc2nnc(C3CCN(Cc4cn5ccccc5n4)CC3)n2n1. The molecule has 1 fully saturated rings. The van der Waals surface area contributed by atoms with Gasteiger partial charge in [0.25, 0.3) is 0 Å². The van der Waals surface area contributed by atoms with Crippen molar-refractivity contribution in [2.45, 2.75) is 25.3 Å². The highest BCUT2D eigenvalue weighted by Gasteiger charge is 2.25. The summed E-state index contributed by atoms with van der Waals surface area (Å²) in [6.45, 7) is 2.94. The van der Waals surface area contributed by atoms with Gasteiger partial charge in [-0.1, -0.05) is 6.07 Å². The summed E-state index contributed by atoms with van der Waals surface area (Å²) in [7, 11) is 3.99. The van der Waals surface area contributed by atoms with E-state index in [0.29, 0.717) is 5.92 Å². The molecule has 0 aromatic carbocycles. The summed E-state index contributed by atoms with van der Waals surface area (Å²) >= 11 is 0. The second kappa shape index (κ2) is 6.87. The highest BCUT2D eigenvalue weighted by atomic mass is 15.4. The monoisotopic (exact) mass is 376 g/mol. The van der Waals surface area contributed by atoms with Crippen molar-refractivity contribution in [2.24, 2.45) is 0 Å². The van der Waals surface area contributed by atoms with Crippen LogP contribution in [0.2, 0.25) is 0 Å². The minimum Gasteiger partial charge on any atom is -0.361 e. The van der Waals surface area contributed by atoms with E-state index in [1.165, 1.54) is 0 Å². The molecule has 1 aliphatic heterocycles. The second-order valence-corrected chi connectivity index (χ2v) is 7.66. The number of hydrogen-bond donors (Lipinski definition) is 0. The van der Waals surface area contributed by atoms with Crippen molar-refractivity contribution in [2.75, 3.05) is 32.1 Å². The summed E-state index contributed by atoms with van der Waals surface area (Å²) in [4.78, 5) is 9.20. The zero-order valence-corrected chi connectivity index (χ0v) is 16.2. The van der Waals surface area contributed by atoms with Crippen molar-refractivity contribution in [3.8, 4) is 0 Å². The van der Waals surface area contributed by atoms with Gasteiger partial charge in [0, 0.05) is 39.0 Å². The molecule has 8 nitrogen and oxygen atoms in total. The Labute approximate surface area is 163 Å². The minimum atomic E-state index is 0.386. The molecule has 0 radical (unpaired) electrons. The standard InChI is InChI=1S/C20H24N8/c1-25(2)19-7-6-18-22-23-20(28(18)24-19)15-8-11-26(12-9-15)13-16-14-27-10-4-3-5-17(27)21-16/h3-7,10,14-15H,8-9,11-13H2,1-2H3. The van der Waals surface area contributed by atoms with Crippen LogP contribution in [0.3, 0.4) is 0 Å². The van der Waals surface area contributed by atoms with E-state index in [1.54, 1.807) is 0 Å². The third-order valence-electron chi connectivity index (χ3n) is 5.48. The summed E-state index contributed by atoms with van der Waals surface area (Å²) in [6, 6.07) is 10.1. The fourth-order valence-corrected chi connectivity index (χ4v) is 3.93. The number of pyridine rings is 1. The summed E-state index contributed by atoms with van der Waals surface area (Å²) < 4.78 is 4.00. The molecule has 0 atom stereocenters. The Morgan fingerprint density at radius 2 is 1.89 bits per heavy atom. The molecular weight excluding hydrogens is 352 g/mol. The molecule has 0 saturated carbocycles. The van der Waals surface area contributed by atoms with Gasteiger partial charge in [0.1, 0.15) is 11.5 Å². The first-order chi connectivity index (χ1) is 13.7. The molecule has 5 heterocycles. The van der Waals surface area contributed by atoms with Crippen molar-refractivity contribution < 1.29 is 0 Å². The van der Waals surface area contributed by atoms with Gasteiger partial charge in [-0.2, -0.15) is 4.52 Å². The van der Waals surface area contributed by atoms with Gasteiger partial charge in [0.05, 0.1) is 5.69 Å². The average Bonchev–Trinajstić information content (AvgIpc) is 3.31. The lowest BCUT2D eigenvalue weighted by atomic mass is 9.96. The van der Waals surface area contributed by atoms with Crippen molar-refractivity contribution in [3.63, 3.8) is 0 Å². The number of piperidine rings is 1. The quantitative estimate of drug-likeness (QED) is 0.544. The van der Waals surface area contributed by atoms with Gasteiger partial charge in [-0.3, -0.25) is 4.90 Å². The number of likely N-dealkylation sites (tertiary alicyclic amines) is 1. The number of hydrogen-bond acceptors (Lipinski definition) is 6. The van der Waals surface area contributed by atoms with E-state index < -0.39 is 0 Å². The van der Waals surface area contributed by atoms with Gasteiger partial charge in [-0.05, 0) is 50.2 Å². The lowest BCUT2D eigenvalue weighted by molar-refractivity contribution is 0.199. The topological polar surface area (TPSA) is 66.9 Å². The first-order valence-electron chi connectivity index (χ1n) is 9.72. The molecule has 8 heteroatoms. The van der Waals surface area contributed by atoms with Crippen molar-refractivity contribution in [1.29, 1.82) is 0 Å². The summed E-state index contributed by atoms with van der Waals surface area (Å²) in [6.07, 6.45) is 6.29. The van der Waals surface area contributed by atoms with Crippen LogP contribution in [0.4, 0.5) is 5.82 Å².